The van der Waals surface area contributed by atoms with Crippen LogP contribution in [0.5, 0.6) is 5.75 Å². The van der Waals surface area contributed by atoms with E-state index in [1.165, 1.54) is 28.8 Å². The molecule has 0 amide bonds. The van der Waals surface area contributed by atoms with Crippen LogP contribution in [0.15, 0.2) is 82.0 Å². The number of nitrogen functional groups attached to an aromatic ring is 1. The third-order valence-electron chi connectivity index (χ3n) is 6.05. The van der Waals surface area contributed by atoms with Crippen LogP contribution in [0.4, 0.5) is 5.82 Å². The number of benzene rings is 3. The van der Waals surface area contributed by atoms with Crippen molar-refractivity contribution in [1.29, 1.82) is 5.26 Å². The first-order chi connectivity index (χ1) is 17.3. The van der Waals surface area contributed by atoms with Crippen LogP contribution in [-0.4, -0.2) is 20.7 Å². The molecule has 8 nitrogen and oxygen atoms in total. The summed E-state index contributed by atoms with van der Waals surface area (Å²) < 4.78 is 6.99. The standard InChI is InChI=1S/C28H19N3O5/c1-15-6-8-16(9-7-15)22-20(14-29)26(30)31(18-12-10-17(11-13-18)27(33)34)24(22)23-25(32)19-4-2-3-5-21(19)36-28(23)35/h2-13,32H,30H2,1H3,(H,33,34). The fourth-order valence-corrected chi connectivity index (χ4v) is 4.31. The topological polar surface area (TPSA) is 142 Å². The molecule has 0 unspecified atom stereocenters. The number of aromatic nitrogens is 1. The summed E-state index contributed by atoms with van der Waals surface area (Å²) in [5.74, 6) is -1.40. The molecule has 0 radical (unpaired) electrons. The Morgan fingerprint density at radius 2 is 1.67 bits per heavy atom. The highest BCUT2D eigenvalue weighted by Gasteiger charge is 2.30. The largest absolute Gasteiger partial charge is 0.506 e. The third kappa shape index (κ3) is 3.47. The fraction of sp³-hybridized carbons (Fsp3) is 0.0357. The molecule has 0 bridgehead atoms. The van der Waals surface area contributed by atoms with Crippen LogP contribution < -0.4 is 11.4 Å². The Hall–Kier alpha value is -5.29. The number of hydrogen-bond donors (Lipinski definition) is 3. The van der Waals surface area contributed by atoms with Crippen LogP contribution >= 0.6 is 0 Å². The number of aryl methyl sites for hydroxylation is 1. The van der Waals surface area contributed by atoms with Crippen LogP contribution in [0.3, 0.4) is 0 Å². The average molecular weight is 477 g/mol. The number of anilines is 1. The van der Waals surface area contributed by atoms with Gasteiger partial charge in [0.05, 0.1) is 16.6 Å². The van der Waals surface area contributed by atoms with E-state index >= 15 is 0 Å². The Balaban J connectivity index is 1.95. The number of nitrogens with two attached hydrogens (primary N) is 1. The number of aromatic hydroxyl groups is 1. The number of carboxylic acid groups (broad SMARTS) is 1. The number of hydrogen-bond acceptors (Lipinski definition) is 6. The molecule has 0 atom stereocenters. The minimum absolute atomic E-state index is 0.0260. The van der Waals surface area contributed by atoms with Gasteiger partial charge < -0.3 is 20.4 Å². The minimum Gasteiger partial charge on any atom is -0.506 e. The molecule has 0 aliphatic rings. The highest BCUT2D eigenvalue weighted by Crippen LogP contribution is 2.45. The van der Waals surface area contributed by atoms with E-state index in [1.807, 2.05) is 19.1 Å². The van der Waals surface area contributed by atoms with Gasteiger partial charge >= 0.3 is 11.6 Å². The number of nitriles is 1. The summed E-state index contributed by atoms with van der Waals surface area (Å²) in [4.78, 5) is 24.7. The number of carbonyl (C=O) groups is 1. The predicted octanol–water partition coefficient (Wildman–Crippen LogP) is 5.08. The summed E-state index contributed by atoms with van der Waals surface area (Å²) in [7, 11) is 0. The van der Waals surface area contributed by atoms with Crippen LogP contribution in [0.1, 0.15) is 21.5 Å². The number of para-hydroxylation sites is 1. The lowest BCUT2D eigenvalue weighted by Crippen LogP contribution is -2.10. The van der Waals surface area contributed by atoms with E-state index in [4.69, 9.17) is 10.2 Å². The molecule has 5 aromatic rings. The SMILES string of the molecule is Cc1ccc(-c2c(C#N)c(N)n(-c3ccc(C(=O)O)cc3)c2-c2c(O)c3ccccc3oc2=O)cc1. The number of aromatic carboxylic acids is 1. The Morgan fingerprint density at radius 3 is 2.31 bits per heavy atom. The Kier molecular flexibility index (Phi) is 5.31. The molecular weight excluding hydrogens is 458 g/mol. The molecule has 0 spiro atoms. The lowest BCUT2D eigenvalue weighted by Gasteiger charge is -2.14. The third-order valence-corrected chi connectivity index (χ3v) is 6.05. The van der Waals surface area contributed by atoms with Gasteiger partial charge in [-0.2, -0.15) is 5.26 Å². The Labute approximate surface area is 204 Å². The molecule has 0 saturated heterocycles. The zero-order valence-corrected chi connectivity index (χ0v) is 19.0. The van der Waals surface area contributed by atoms with Crippen molar-refractivity contribution in [2.75, 3.05) is 5.73 Å². The first-order valence-corrected chi connectivity index (χ1v) is 10.9. The first kappa shape index (κ1) is 22.5. The lowest BCUT2D eigenvalue weighted by molar-refractivity contribution is 0.0697. The summed E-state index contributed by atoms with van der Waals surface area (Å²) >= 11 is 0. The molecular formula is C28H19N3O5. The molecule has 2 aromatic heterocycles. The summed E-state index contributed by atoms with van der Waals surface area (Å²) in [5.41, 5.74) is 8.34. The van der Waals surface area contributed by atoms with Gasteiger partial charge in [-0.05, 0) is 48.9 Å². The van der Waals surface area contributed by atoms with Crippen LogP contribution in [0, 0.1) is 18.3 Å². The molecule has 176 valence electrons. The lowest BCUT2D eigenvalue weighted by atomic mass is 9.96. The van der Waals surface area contributed by atoms with E-state index in [0.717, 1.165) is 5.56 Å². The first-order valence-electron chi connectivity index (χ1n) is 10.9. The quantitative estimate of drug-likeness (QED) is 0.306. The van der Waals surface area contributed by atoms with Crippen molar-refractivity contribution in [2.24, 2.45) is 0 Å². The predicted molar refractivity (Wildman–Crippen MR) is 135 cm³/mol. The monoisotopic (exact) mass is 477 g/mol. The van der Waals surface area contributed by atoms with Gasteiger partial charge in [0.25, 0.3) is 0 Å². The number of nitrogens with zero attached hydrogens (tertiary/aromatic N) is 2. The maximum atomic E-state index is 13.3. The molecule has 0 fully saturated rings. The van der Waals surface area contributed by atoms with Crippen molar-refractivity contribution >= 4 is 22.8 Å². The maximum absolute atomic E-state index is 13.3. The van der Waals surface area contributed by atoms with Gasteiger partial charge in [-0.25, -0.2) is 9.59 Å². The number of fused-ring (bicyclic) bond motifs is 1. The summed E-state index contributed by atoms with van der Waals surface area (Å²) in [6.45, 7) is 1.92. The van der Waals surface area contributed by atoms with Crippen molar-refractivity contribution < 1.29 is 19.4 Å². The van der Waals surface area contributed by atoms with Crippen LogP contribution in [0.2, 0.25) is 0 Å². The molecule has 8 heteroatoms. The van der Waals surface area contributed by atoms with E-state index in [1.54, 1.807) is 36.4 Å². The zero-order chi connectivity index (χ0) is 25.6. The smallest absolute Gasteiger partial charge is 0.349 e. The Morgan fingerprint density at radius 1 is 1.00 bits per heavy atom. The van der Waals surface area contributed by atoms with Crippen molar-refractivity contribution in [3.05, 3.63) is 99.9 Å². The van der Waals surface area contributed by atoms with Gasteiger partial charge in [0.15, 0.2) is 0 Å². The second-order valence-corrected chi connectivity index (χ2v) is 8.26. The summed E-state index contributed by atoms with van der Waals surface area (Å²) in [6, 6.07) is 21.8. The van der Waals surface area contributed by atoms with Crippen molar-refractivity contribution in [2.45, 2.75) is 6.92 Å². The molecule has 3 aromatic carbocycles. The van der Waals surface area contributed by atoms with Crippen molar-refractivity contribution in [3.8, 4) is 39.9 Å². The fourth-order valence-electron chi connectivity index (χ4n) is 4.31. The van der Waals surface area contributed by atoms with Gasteiger partial charge in [-0.15, -0.1) is 0 Å². The maximum Gasteiger partial charge on any atom is 0.349 e. The van der Waals surface area contributed by atoms with E-state index in [-0.39, 0.29) is 39.5 Å². The minimum atomic E-state index is -1.10. The van der Waals surface area contributed by atoms with Gasteiger partial charge in [-0.3, -0.25) is 4.57 Å². The van der Waals surface area contributed by atoms with E-state index < -0.39 is 11.6 Å². The van der Waals surface area contributed by atoms with Crippen molar-refractivity contribution in [1.82, 2.24) is 4.57 Å². The van der Waals surface area contributed by atoms with Gasteiger partial charge in [0, 0.05) is 11.3 Å². The molecule has 5 rings (SSSR count). The second kappa shape index (κ2) is 8.49. The van der Waals surface area contributed by atoms with Crippen LogP contribution in [-0.2, 0) is 0 Å². The molecule has 0 saturated carbocycles. The van der Waals surface area contributed by atoms with E-state index in [9.17, 15) is 25.1 Å². The summed E-state index contributed by atoms with van der Waals surface area (Å²) in [6.07, 6.45) is 0. The zero-order valence-electron chi connectivity index (χ0n) is 19.0. The van der Waals surface area contributed by atoms with E-state index in [0.29, 0.717) is 22.2 Å². The molecule has 4 N–H and O–H groups in total. The van der Waals surface area contributed by atoms with Gasteiger partial charge in [0.2, 0.25) is 0 Å². The van der Waals surface area contributed by atoms with E-state index in [2.05, 4.69) is 6.07 Å². The molecule has 36 heavy (non-hydrogen) atoms. The van der Waals surface area contributed by atoms with Gasteiger partial charge in [0.1, 0.15) is 34.3 Å². The molecule has 0 aliphatic carbocycles. The second-order valence-electron chi connectivity index (χ2n) is 8.26. The Bertz CT molecular complexity index is 1760. The molecule has 2 heterocycles. The highest BCUT2D eigenvalue weighted by molar-refractivity contribution is 5.98. The highest BCUT2D eigenvalue weighted by atomic mass is 16.4. The molecule has 0 aliphatic heterocycles. The number of rotatable bonds is 4. The average Bonchev–Trinajstić information content (AvgIpc) is 3.16. The van der Waals surface area contributed by atoms with Crippen molar-refractivity contribution in [3.63, 3.8) is 0 Å². The summed E-state index contributed by atoms with van der Waals surface area (Å²) in [5, 5.41) is 31.0. The number of carboxylic acids is 1. The normalized spacial score (nSPS) is 10.9. The van der Waals surface area contributed by atoms with Gasteiger partial charge in [-0.1, -0.05) is 42.0 Å². The van der Waals surface area contributed by atoms with Crippen LogP contribution in [0.25, 0.3) is 39.0 Å².